The third-order valence-electron chi connectivity index (χ3n) is 4.90. The second-order valence-electron chi connectivity index (χ2n) is 6.69. The maximum absolute atomic E-state index is 13.9. The van der Waals surface area contributed by atoms with Crippen molar-refractivity contribution in [3.05, 3.63) is 52.1 Å². The molecule has 1 aromatic carbocycles. The maximum Gasteiger partial charge on any atom is 0.167 e. The second kappa shape index (κ2) is 7.06. The Labute approximate surface area is 160 Å². The summed E-state index contributed by atoms with van der Waals surface area (Å²) in [5.41, 5.74) is 2.51. The summed E-state index contributed by atoms with van der Waals surface area (Å²) < 4.78 is 15.8. The van der Waals surface area contributed by atoms with Crippen molar-refractivity contribution >= 4 is 28.8 Å². The minimum Gasteiger partial charge on any atom is -0.504 e. The fraction of sp³-hybridized carbons (Fsp3) is 0.316. The number of rotatable bonds is 3. The number of aromatic hydroxyl groups is 1. The minimum absolute atomic E-state index is 0.0618. The van der Waals surface area contributed by atoms with Crippen molar-refractivity contribution in [2.24, 2.45) is 5.92 Å². The highest BCUT2D eigenvalue weighted by Gasteiger charge is 2.19. The summed E-state index contributed by atoms with van der Waals surface area (Å²) in [7, 11) is 0. The van der Waals surface area contributed by atoms with Crippen LogP contribution in [0.3, 0.4) is 0 Å². The lowest BCUT2D eigenvalue weighted by Gasteiger charge is -2.21. The number of nitrogens with zero attached hydrogens (tertiary/aromatic N) is 2. The SMILES string of the molecule is Oc1c(F)cc(Cl)c(Cl)c1-c1ccn2cc(CC3CCNCC3)nc2c1. The number of benzene rings is 1. The molecule has 1 saturated heterocycles. The Kier molecular flexibility index (Phi) is 4.78. The first-order chi connectivity index (χ1) is 12.5. The number of hydrogen-bond acceptors (Lipinski definition) is 3. The van der Waals surface area contributed by atoms with Crippen LogP contribution in [0.1, 0.15) is 18.5 Å². The van der Waals surface area contributed by atoms with Crippen LogP contribution in [0.5, 0.6) is 5.75 Å². The van der Waals surface area contributed by atoms with Crippen molar-refractivity contribution in [2.45, 2.75) is 19.3 Å². The van der Waals surface area contributed by atoms with Gasteiger partial charge < -0.3 is 14.8 Å². The summed E-state index contributed by atoms with van der Waals surface area (Å²) in [4.78, 5) is 4.69. The summed E-state index contributed by atoms with van der Waals surface area (Å²) in [5.74, 6) is -0.671. The van der Waals surface area contributed by atoms with Crippen molar-refractivity contribution < 1.29 is 9.50 Å². The molecule has 0 saturated carbocycles. The van der Waals surface area contributed by atoms with Crippen LogP contribution in [-0.2, 0) is 6.42 Å². The molecule has 3 aromatic rings. The normalized spacial score (nSPS) is 15.7. The molecule has 1 aliphatic heterocycles. The van der Waals surface area contributed by atoms with Gasteiger partial charge in [-0.15, -0.1) is 0 Å². The predicted octanol–water partition coefficient (Wildman–Crippen LogP) is 4.69. The number of fused-ring (bicyclic) bond motifs is 1. The summed E-state index contributed by atoms with van der Waals surface area (Å²) in [6.45, 7) is 2.11. The van der Waals surface area contributed by atoms with E-state index in [4.69, 9.17) is 23.2 Å². The van der Waals surface area contributed by atoms with Crippen molar-refractivity contribution in [1.29, 1.82) is 0 Å². The van der Waals surface area contributed by atoms with E-state index >= 15 is 0 Å². The molecule has 0 aliphatic carbocycles. The smallest absolute Gasteiger partial charge is 0.167 e. The van der Waals surface area contributed by atoms with Crippen LogP contribution in [0.2, 0.25) is 10.0 Å². The number of pyridine rings is 1. The fourth-order valence-electron chi connectivity index (χ4n) is 3.52. The second-order valence-corrected chi connectivity index (χ2v) is 7.47. The molecule has 7 heteroatoms. The van der Waals surface area contributed by atoms with Crippen LogP contribution in [0.4, 0.5) is 4.39 Å². The number of aromatic nitrogens is 2. The van der Waals surface area contributed by atoms with Crippen LogP contribution < -0.4 is 5.32 Å². The van der Waals surface area contributed by atoms with Gasteiger partial charge in [-0.1, -0.05) is 23.2 Å². The molecule has 4 rings (SSSR count). The Hall–Kier alpha value is -1.82. The van der Waals surface area contributed by atoms with Crippen LogP contribution in [0.15, 0.2) is 30.6 Å². The third-order valence-corrected chi connectivity index (χ3v) is 5.69. The molecular weight excluding hydrogens is 376 g/mol. The van der Waals surface area contributed by atoms with Gasteiger partial charge in [0.1, 0.15) is 5.65 Å². The van der Waals surface area contributed by atoms with Gasteiger partial charge in [0.2, 0.25) is 0 Å². The molecule has 4 nitrogen and oxygen atoms in total. The molecule has 0 unspecified atom stereocenters. The fourth-order valence-corrected chi connectivity index (χ4v) is 3.96. The Morgan fingerprint density at radius 3 is 2.81 bits per heavy atom. The predicted molar refractivity (Wildman–Crippen MR) is 102 cm³/mol. The van der Waals surface area contributed by atoms with E-state index in [0.29, 0.717) is 11.5 Å². The first kappa shape index (κ1) is 17.6. The lowest BCUT2D eigenvalue weighted by atomic mass is 9.93. The van der Waals surface area contributed by atoms with E-state index in [1.165, 1.54) is 0 Å². The number of nitrogens with one attached hydrogen (secondary N) is 1. The Morgan fingerprint density at radius 2 is 2.04 bits per heavy atom. The van der Waals surface area contributed by atoms with Gasteiger partial charge in [-0.05, 0) is 62.0 Å². The number of phenolic OH excluding ortho intramolecular Hbond substituents is 1. The van der Waals surface area contributed by atoms with E-state index in [1.54, 1.807) is 12.1 Å². The van der Waals surface area contributed by atoms with Gasteiger partial charge in [0.05, 0.1) is 15.7 Å². The zero-order valence-electron chi connectivity index (χ0n) is 14.0. The van der Waals surface area contributed by atoms with Gasteiger partial charge in [0, 0.05) is 18.0 Å². The standard InChI is InChI=1S/C19H18Cl2FN3O/c20-14-9-15(22)19(26)17(18(14)21)12-3-6-25-10-13(24-16(25)8-12)7-11-1-4-23-5-2-11/h3,6,8-11,23,26H,1-2,4-5,7H2. The van der Waals surface area contributed by atoms with Crippen LogP contribution >= 0.6 is 23.2 Å². The minimum atomic E-state index is -0.802. The summed E-state index contributed by atoms with van der Waals surface area (Å²) >= 11 is 12.2. The monoisotopic (exact) mass is 393 g/mol. The maximum atomic E-state index is 13.9. The van der Waals surface area contributed by atoms with Gasteiger partial charge in [-0.2, -0.15) is 0 Å². The molecule has 0 bridgehead atoms. The summed E-state index contributed by atoms with van der Waals surface area (Å²) in [5, 5.41) is 13.7. The van der Waals surface area contributed by atoms with Gasteiger partial charge in [0.25, 0.3) is 0 Å². The van der Waals surface area contributed by atoms with E-state index in [-0.39, 0.29) is 15.6 Å². The van der Waals surface area contributed by atoms with Crippen molar-refractivity contribution in [1.82, 2.24) is 14.7 Å². The molecule has 2 N–H and O–H groups in total. The number of hydrogen-bond donors (Lipinski definition) is 2. The molecule has 3 heterocycles. The van der Waals surface area contributed by atoms with E-state index in [9.17, 15) is 9.50 Å². The number of imidazole rings is 1. The van der Waals surface area contributed by atoms with Crippen molar-refractivity contribution in [2.75, 3.05) is 13.1 Å². The highest BCUT2D eigenvalue weighted by atomic mass is 35.5. The molecule has 2 aromatic heterocycles. The van der Waals surface area contributed by atoms with Crippen LogP contribution in [-0.4, -0.2) is 27.6 Å². The zero-order valence-corrected chi connectivity index (χ0v) is 15.5. The molecule has 0 spiro atoms. The molecule has 0 amide bonds. The Balaban J connectivity index is 1.70. The summed E-state index contributed by atoms with van der Waals surface area (Å²) in [6.07, 6.45) is 7.10. The molecule has 1 aliphatic rings. The van der Waals surface area contributed by atoms with E-state index in [1.807, 2.05) is 16.8 Å². The highest BCUT2D eigenvalue weighted by molar-refractivity contribution is 6.44. The first-order valence-electron chi connectivity index (χ1n) is 8.58. The van der Waals surface area contributed by atoms with E-state index < -0.39 is 11.6 Å². The molecule has 0 atom stereocenters. The lowest BCUT2D eigenvalue weighted by molar-refractivity contribution is 0.370. The number of halogens is 3. The topological polar surface area (TPSA) is 49.6 Å². The molecule has 136 valence electrons. The van der Waals surface area contributed by atoms with Crippen LogP contribution in [0.25, 0.3) is 16.8 Å². The van der Waals surface area contributed by atoms with E-state index in [0.717, 1.165) is 49.8 Å². The molecular formula is C19H18Cl2FN3O. The number of piperidine rings is 1. The quantitative estimate of drug-likeness (QED) is 0.634. The van der Waals surface area contributed by atoms with Crippen molar-refractivity contribution in [3.8, 4) is 16.9 Å². The Bertz CT molecular complexity index is 941. The van der Waals surface area contributed by atoms with Gasteiger partial charge >= 0.3 is 0 Å². The van der Waals surface area contributed by atoms with Gasteiger partial charge in [0.15, 0.2) is 11.6 Å². The van der Waals surface area contributed by atoms with Gasteiger partial charge in [-0.25, -0.2) is 9.37 Å². The first-order valence-corrected chi connectivity index (χ1v) is 9.33. The molecule has 0 radical (unpaired) electrons. The number of phenols is 1. The van der Waals surface area contributed by atoms with Crippen molar-refractivity contribution in [3.63, 3.8) is 0 Å². The Morgan fingerprint density at radius 1 is 1.27 bits per heavy atom. The molecule has 26 heavy (non-hydrogen) atoms. The van der Waals surface area contributed by atoms with Gasteiger partial charge in [-0.3, -0.25) is 0 Å². The van der Waals surface area contributed by atoms with Crippen LogP contribution in [0, 0.1) is 11.7 Å². The third kappa shape index (κ3) is 3.27. The summed E-state index contributed by atoms with van der Waals surface area (Å²) in [6, 6.07) is 4.55. The average molecular weight is 394 g/mol. The average Bonchev–Trinajstić information content (AvgIpc) is 3.02. The lowest BCUT2D eigenvalue weighted by Crippen LogP contribution is -2.28. The zero-order chi connectivity index (χ0) is 18.3. The van der Waals surface area contributed by atoms with E-state index in [2.05, 4.69) is 10.3 Å². The largest absolute Gasteiger partial charge is 0.504 e. The molecule has 1 fully saturated rings. The highest BCUT2D eigenvalue weighted by Crippen LogP contribution is 2.42.